The lowest BCUT2D eigenvalue weighted by atomic mass is 9.68. The number of aromatic nitrogens is 3. The zero-order valence-corrected chi connectivity index (χ0v) is 30.3. The standard InChI is InChI=1S/C49H39N3/c1-7-8-21-41-29(2)32-16-9-12-22-42(32)50(41)30-25-35-36-26-31(51-43-23-13-10-17-33(43)34-18-11-14-24-44(34)51)28-40-46(36)52-45(35)39(27-30)48(3,4)37-19-15-20-38(47(37)52)49(40,5)6/h7-28H,1H2,2-6H3/b21-8-. The van der Waals surface area contributed by atoms with Gasteiger partial charge in [0.1, 0.15) is 0 Å². The fourth-order valence-electron chi connectivity index (χ4n) is 10.0. The highest BCUT2D eigenvalue weighted by atomic mass is 15.0. The van der Waals surface area contributed by atoms with E-state index < -0.39 is 0 Å². The smallest absolute Gasteiger partial charge is 0.0583 e. The van der Waals surface area contributed by atoms with Crippen molar-refractivity contribution in [3.63, 3.8) is 0 Å². The van der Waals surface area contributed by atoms with E-state index in [0.717, 1.165) is 0 Å². The first-order valence-electron chi connectivity index (χ1n) is 18.4. The Hall–Kier alpha value is -6.06. The second-order valence-electron chi connectivity index (χ2n) is 15.9. The molecule has 2 aliphatic heterocycles. The van der Waals surface area contributed by atoms with Gasteiger partial charge in [-0.2, -0.15) is 0 Å². The quantitative estimate of drug-likeness (QED) is 0.166. The van der Waals surface area contributed by atoms with E-state index in [1.807, 2.05) is 6.08 Å². The van der Waals surface area contributed by atoms with Crippen LogP contribution in [0.5, 0.6) is 0 Å². The van der Waals surface area contributed by atoms with Gasteiger partial charge < -0.3 is 13.7 Å². The number of fused-ring (bicyclic) bond motifs is 5. The van der Waals surface area contributed by atoms with Gasteiger partial charge in [0.05, 0.1) is 33.3 Å². The maximum absolute atomic E-state index is 4.01. The van der Waals surface area contributed by atoms with Crippen LogP contribution in [0, 0.1) is 6.92 Å². The van der Waals surface area contributed by atoms with Crippen molar-refractivity contribution in [3.05, 3.63) is 168 Å². The fraction of sp³-hybridized carbons (Fsp3) is 0.143. The maximum atomic E-state index is 4.01. The van der Waals surface area contributed by atoms with Crippen molar-refractivity contribution < 1.29 is 0 Å². The summed E-state index contributed by atoms with van der Waals surface area (Å²) in [4.78, 5) is 0. The minimum atomic E-state index is -0.220. The van der Waals surface area contributed by atoms with E-state index in [9.17, 15) is 0 Å². The molecule has 0 fully saturated rings. The van der Waals surface area contributed by atoms with Crippen molar-refractivity contribution in [1.82, 2.24) is 13.7 Å². The normalized spacial score (nSPS) is 15.3. The van der Waals surface area contributed by atoms with Crippen molar-refractivity contribution in [1.29, 1.82) is 0 Å². The van der Waals surface area contributed by atoms with Gasteiger partial charge in [-0.15, -0.1) is 0 Å². The molecule has 3 aromatic heterocycles. The minimum absolute atomic E-state index is 0.213. The molecule has 0 bridgehead atoms. The number of rotatable bonds is 4. The van der Waals surface area contributed by atoms with Gasteiger partial charge in [-0.05, 0) is 83.3 Å². The summed E-state index contributed by atoms with van der Waals surface area (Å²) in [6, 6.07) is 43.4. The van der Waals surface area contributed by atoms with E-state index in [2.05, 4.69) is 182 Å². The van der Waals surface area contributed by atoms with Crippen LogP contribution in [0.3, 0.4) is 0 Å². The molecular formula is C49H39N3. The van der Waals surface area contributed by atoms with Crippen LogP contribution in [-0.4, -0.2) is 13.7 Å². The predicted octanol–water partition coefficient (Wildman–Crippen LogP) is 12.6. The number of para-hydroxylation sites is 4. The van der Waals surface area contributed by atoms with Crippen LogP contribution in [0.25, 0.3) is 77.7 Å². The third-order valence-corrected chi connectivity index (χ3v) is 12.5. The Morgan fingerprint density at radius 2 is 0.981 bits per heavy atom. The number of nitrogens with zero attached hydrogens (tertiary/aromatic N) is 3. The van der Waals surface area contributed by atoms with E-state index >= 15 is 0 Å². The molecule has 0 radical (unpaired) electrons. The molecule has 0 amide bonds. The maximum Gasteiger partial charge on any atom is 0.0583 e. The summed E-state index contributed by atoms with van der Waals surface area (Å²) in [6.45, 7) is 15.9. The van der Waals surface area contributed by atoms with Crippen LogP contribution >= 0.6 is 0 Å². The van der Waals surface area contributed by atoms with Crippen LogP contribution in [0.1, 0.15) is 61.2 Å². The van der Waals surface area contributed by atoms with Crippen LogP contribution in [0.2, 0.25) is 0 Å². The molecule has 0 aliphatic carbocycles. The van der Waals surface area contributed by atoms with Crippen LogP contribution in [0.15, 0.2) is 134 Å². The largest absolute Gasteiger partial charge is 0.310 e. The van der Waals surface area contributed by atoms with Crippen molar-refractivity contribution in [2.45, 2.75) is 45.4 Å². The molecule has 250 valence electrons. The van der Waals surface area contributed by atoms with Gasteiger partial charge in [-0.1, -0.05) is 119 Å². The predicted molar refractivity (Wildman–Crippen MR) is 220 cm³/mol. The van der Waals surface area contributed by atoms with Crippen LogP contribution < -0.4 is 0 Å². The Morgan fingerprint density at radius 1 is 0.500 bits per heavy atom. The molecule has 6 aromatic carbocycles. The number of benzene rings is 6. The van der Waals surface area contributed by atoms with E-state index in [0.29, 0.717) is 0 Å². The van der Waals surface area contributed by atoms with E-state index in [1.165, 1.54) is 105 Å². The average molecular weight is 670 g/mol. The lowest BCUT2D eigenvalue weighted by Crippen LogP contribution is -2.33. The van der Waals surface area contributed by atoms with Gasteiger partial charge in [0.25, 0.3) is 0 Å². The molecule has 0 unspecified atom stereocenters. The molecule has 5 heterocycles. The molecule has 9 aromatic rings. The fourth-order valence-corrected chi connectivity index (χ4v) is 10.0. The lowest BCUT2D eigenvalue weighted by molar-refractivity contribution is 0.593. The first-order valence-corrected chi connectivity index (χ1v) is 18.4. The summed E-state index contributed by atoms with van der Waals surface area (Å²) in [7, 11) is 0. The minimum Gasteiger partial charge on any atom is -0.310 e. The molecule has 0 N–H and O–H groups in total. The van der Waals surface area contributed by atoms with E-state index in [4.69, 9.17) is 0 Å². The molecule has 52 heavy (non-hydrogen) atoms. The summed E-state index contributed by atoms with van der Waals surface area (Å²) >= 11 is 0. The first-order chi connectivity index (χ1) is 25.2. The Balaban J connectivity index is 1.35. The Kier molecular flexibility index (Phi) is 5.61. The number of hydrogen-bond acceptors (Lipinski definition) is 0. The molecule has 0 saturated carbocycles. The van der Waals surface area contributed by atoms with Gasteiger partial charge in [-0.25, -0.2) is 0 Å². The third-order valence-electron chi connectivity index (χ3n) is 12.5. The molecule has 2 aliphatic rings. The van der Waals surface area contributed by atoms with Crippen LogP contribution in [-0.2, 0) is 10.8 Å². The Morgan fingerprint density at radius 3 is 1.52 bits per heavy atom. The number of aryl methyl sites for hydroxylation is 1. The Labute approximate surface area is 303 Å². The highest BCUT2D eigenvalue weighted by Gasteiger charge is 2.44. The van der Waals surface area contributed by atoms with Gasteiger partial charge >= 0.3 is 0 Å². The van der Waals surface area contributed by atoms with Crippen molar-refractivity contribution in [3.8, 4) is 17.1 Å². The van der Waals surface area contributed by atoms with Gasteiger partial charge in [-0.3, -0.25) is 0 Å². The highest BCUT2D eigenvalue weighted by Crippen LogP contribution is 2.56. The molecule has 0 atom stereocenters. The van der Waals surface area contributed by atoms with Crippen molar-refractivity contribution in [2.75, 3.05) is 0 Å². The van der Waals surface area contributed by atoms with E-state index in [1.54, 1.807) is 0 Å². The summed E-state index contributed by atoms with van der Waals surface area (Å²) in [5.41, 5.74) is 17.6. The molecule has 11 rings (SSSR count). The van der Waals surface area contributed by atoms with Gasteiger partial charge in [0.2, 0.25) is 0 Å². The highest BCUT2D eigenvalue weighted by molar-refractivity contribution is 6.16. The molecular weight excluding hydrogens is 631 g/mol. The monoisotopic (exact) mass is 669 g/mol. The number of allylic oxidation sites excluding steroid dienone is 2. The van der Waals surface area contributed by atoms with Crippen LogP contribution in [0.4, 0.5) is 0 Å². The SMILES string of the molecule is C=C/C=C\c1c(C)c2ccccc2n1-c1cc2c3c(c1)c1cc(-n4c5ccccc5c5ccccc54)cc4c1n3-c1c(cccc1C4(C)C)C2(C)C. The summed E-state index contributed by atoms with van der Waals surface area (Å²) in [6.07, 6.45) is 6.14. The zero-order chi connectivity index (χ0) is 35.3. The first kappa shape index (κ1) is 29.6. The molecule has 3 heteroatoms. The van der Waals surface area contributed by atoms with Gasteiger partial charge in [0, 0.05) is 54.8 Å². The summed E-state index contributed by atoms with van der Waals surface area (Å²) in [5, 5.41) is 6.43. The second kappa shape index (κ2) is 9.83. The molecule has 0 spiro atoms. The Bertz CT molecular complexity index is 3040. The molecule has 3 nitrogen and oxygen atoms in total. The zero-order valence-electron chi connectivity index (χ0n) is 30.3. The summed E-state index contributed by atoms with van der Waals surface area (Å²) in [5.74, 6) is 0. The summed E-state index contributed by atoms with van der Waals surface area (Å²) < 4.78 is 7.59. The molecule has 0 saturated heterocycles. The van der Waals surface area contributed by atoms with E-state index in [-0.39, 0.29) is 10.8 Å². The second-order valence-corrected chi connectivity index (χ2v) is 15.9. The number of hydrogen-bond donors (Lipinski definition) is 0. The third kappa shape index (κ3) is 3.46. The lowest BCUT2D eigenvalue weighted by Gasteiger charge is -2.42. The topological polar surface area (TPSA) is 14.8 Å². The van der Waals surface area contributed by atoms with Crippen molar-refractivity contribution >= 4 is 60.6 Å². The van der Waals surface area contributed by atoms with Crippen molar-refractivity contribution in [2.24, 2.45) is 0 Å². The van der Waals surface area contributed by atoms with Gasteiger partial charge in [0.15, 0.2) is 0 Å². The average Bonchev–Trinajstić information content (AvgIpc) is 3.77.